The number of hydrogen-bond donors (Lipinski definition) is 1. The predicted octanol–water partition coefficient (Wildman–Crippen LogP) is 3.45. The Balaban J connectivity index is 2.13. The first-order valence-corrected chi connectivity index (χ1v) is 7.98. The summed E-state index contributed by atoms with van der Waals surface area (Å²) >= 11 is 6.14. The molecule has 0 radical (unpaired) electrons. The van der Waals surface area contributed by atoms with Gasteiger partial charge < -0.3 is 15.0 Å². The Morgan fingerprint density at radius 2 is 2.25 bits per heavy atom. The van der Waals surface area contributed by atoms with Gasteiger partial charge in [-0.2, -0.15) is 0 Å². The minimum absolute atomic E-state index is 0.358. The molecule has 1 aromatic rings. The van der Waals surface area contributed by atoms with Crippen LogP contribution in [0.2, 0.25) is 5.02 Å². The molecule has 2 rings (SSSR count). The lowest BCUT2D eigenvalue weighted by atomic mass is 10.0. The molecule has 1 heterocycles. The van der Waals surface area contributed by atoms with Crippen LogP contribution >= 0.6 is 11.6 Å². The molecule has 0 bridgehead atoms. The molecule has 0 aliphatic carbocycles. The van der Waals surface area contributed by atoms with E-state index in [2.05, 4.69) is 36.2 Å². The maximum absolute atomic E-state index is 6.14. The van der Waals surface area contributed by atoms with Crippen LogP contribution in [-0.2, 0) is 11.3 Å². The van der Waals surface area contributed by atoms with Gasteiger partial charge in [0, 0.05) is 37.0 Å². The summed E-state index contributed by atoms with van der Waals surface area (Å²) in [5.74, 6) is 0. The summed E-state index contributed by atoms with van der Waals surface area (Å²) in [6.07, 6.45) is 2.71. The highest BCUT2D eigenvalue weighted by Crippen LogP contribution is 2.27. The fourth-order valence-corrected chi connectivity index (χ4v) is 2.99. The lowest BCUT2D eigenvalue weighted by Gasteiger charge is -2.35. The predicted molar refractivity (Wildman–Crippen MR) is 85.7 cm³/mol. The number of hydrogen-bond acceptors (Lipinski definition) is 3. The van der Waals surface area contributed by atoms with Gasteiger partial charge in [0.15, 0.2) is 0 Å². The van der Waals surface area contributed by atoms with Crippen molar-refractivity contribution in [3.05, 3.63) is 28.8 Å². The number of piperidine rings is 1. The third-order valence-corrected chi connectivity index (χ3v) is 3.96. The minimum atomic E-state index is 0.358. The van der Waals surface area contributed by atoms with Crippen molar-refractivity contribution in [2.75, 3.05) is 31.1 Å². The molecule has 1 aromatic carbocycles. The van der Waals surface area contributed by atoms with Gasteiger partial charge in [-0.15, -0.1) is 0 Å². The molecule has 3 nitrogen and oxygen atoms in total. The molecule has 0 spiro atoms. The molecule has 1 aliphatic heterocycles. The highest BCUT2D eigenvalue weighted by molar-refractivity contribution is 6.30. The summed E-state index contributed by atoms with van der Waals surface area (Å²) in [5, 5.41) is 4.20. The largest absolute Gasteiger partial charge is 0.377 e. The number of anilines is 1. The summed E-state index contributed by atoms with van der Waals surface area (Å²) in [6.45, 7) is 8.89. The SMILES string of the molecule is CCNCc1cc(Cl)ccc1N1CCCC(OCC)C1. The summed E-state index contributed by atoms with van der Waals surface area (Å²) in [6, 6.07) is 6.20. The lowest BCUT2D eigenvalue weighted by molar-refractivity contribution is 0.0526. The molecule has 1 unspecified atom stereocenters. The summed E-state index contributed by atoms with van der Waals surface area (Å²) in [4.78, 5) is 2.44. The van der Waals surface area contributed by atoms with Crippen molar-refractivity contribution in [3.8, 4) is 0 Å². The molecule has 0 saturated carbocycles. The smallest absolute Gasteiger partial charge is 0.0750 e. The number of ether oxygens (including phenoxy) is 1. The van der Waals surface area contributed by atoms with E-state index in [9.17, 15) is 0 Å². The van der Waals surface area contributed by atoms with Gasteiger partial charge in [0.05, 0.1) is 6.10 Å². The molecule has 0 aromatic heterocycles. The van der Waals surface area contributed by atoms with Crippen LogP contribution in [0.15, 0.2) is 18.2 Å². The third kappa shape index (κ3) is 4.11. The number of nitrogens with one attached hydrogen (secondary N) is 1. The first-order chi connectivity index (χ1) is 9.74. The summed E-state index contributed by atoms with van der Waals surface area (Å²) in [5.41, 5.74) is 2.57. The second-order valence-corrected chi connectivity index (χ2v) is 5.66. The van der Waals surface area contributed by atoms with E-state index in [0.717, 1.165) is 37.8 Å². The summed E-state index contributed by atoms with van der Waals surface area (Å²) < 4.78 is 5.80. The van der Waals surface area contributed by atoms with Crippen LogP contribution in [0.5, 0.6) is 0 Å². The van der Waals surface area contributed by atoms with Gasteiger partial charge in [-0.1, -0.05) is 18.5 Å². The minimum Gasteiger partial charge on any atom is -0.377 e. The molecule has 112 valence electrons. The van der Waals surface area contributed by atoms with E-state index in [0.29, 0.717) is 6.10 Å². The number of halogens is 1. The fraction of sp³-hybridized carbons (Fsp3) is 0.625. The topological polar surface area (TPSA) is 24.5 Å². The molecule has 4 heteroatoms. The van der Waals surface area contributed by atoms with Crippen LogP contribution in [0.1, 0.15) is 32.3 Å². The number of rotatable bonds is 6. The normalized spacial score (nSPS) is 19.4. The number of nitrogens with zero attached hydrogens (tertiary/aromatic N) is 1. The van der Waals surface area contributed by atoms with E-state index < -0.39 is 0 Å². The van der Waals surface area contributed by atoms with Crippen LogP contribution in [0.4, 0.5) is 5.69 Å². The molecule has 1 aliphatic rings. The van der Waals surface area contributed by atoms with E-state index >= 15 is 0 Å². The maximum Gasteiger partial charge on any atom is 0.0750 e. The van der Waals surface area contributed by atoms with Gasteiger partial charge in [0.1, 0.15) is 0 Å². The van der Waals surface area contributed by atoms with Crippen LogP contribution in [0, 0.1) is 0 Å². The van der Waals surface area contributed by atoms with Gasteiger partial charge >= 0.3 is 0 Å². The van der Waals surface area contributed by atoms with Gasteiger partial charge in [-0.05, 0) is 50.1 Å². The first-order valence-electron chi connectivity index (χ1n) is 7.60. The van der Waals surface area contributed by atoms with Crippen molar-refractivity contribution < 1.29 is 4.74 Å². The zero-order chi connectivity index (χ0) is 14.4. The zero-order valence-corrected chi connectivity index (χ0v) is 13.2. The highest BCUT2D eigenvalue weighted by Gasteiger charge is 2.21. The molecule has 0 amide bonds. The van der Waals surface area contributed by atoms with Crippen molar-refractivity contribution in [1.82, 2.24) is 5.32 Å². The number of benzene rings is 1. The van der Waals surface area contributed by atoms with Gasteiger partial charge in [0.2, 0.25) is 0 Å². The van der Waals surface area contributed by atoms with E-state index in [4.69, 9.17) is 16.3 Å². The lowest BCUT2D eigenvalue weighted by Crippen LogP contribution is -2.40. The van der Waals surface area contributed by atoms with Crippen molar-refractivity contribution in [3.63, 3.8) is 0 Å². The zero-order valence-electron chi connectivity index (χ0n) is 12.5. The van der Waals surface area contributed by atoms with Crippen LogP contribution in [0.25, 0.3) is 0 Å². The molecular weight excluding hydrogens is 272 g/mol. The Labute approximate surface area is 127 Å². The first kappa shape index (κ1) is 15.6. The Morgan fingerprint density at radius 1 is 1.40 bits per heavy atom. The Hall–Kier alpha value is -0.770. The van der Waals surface area contributed by atoms with E-state index in [1.807, 2.05) is 6.07 Å². The quantitative estimate of drug-likeness (QED) is 0.870. The van der Waals surface area contributed by atoms with E-state index in [-0.39, 0.29) is 0 Å². The van der Waals surface area contributed by atoms with Crippen molar-refractivity contribution in [2.24, 2.45) is 0 Å². The highest BCUT2D eigenvalue weighted by atomic mass is 35.5. The van der Waals surface area contributed by atoms with E-state index in [1.54, 1.807) is 0 Å². The van der Waals surface area contributed by atoms with Crippen LogP contribution in [0.3, 0.4) is 0 Å². The third-order valence-electron chi connectivity index (χ3n) is 3.73. The van der Waals surface area contributed by atoms with E-state index in [1.165, 1.54) is 24.1 Å². The Bertz CT molecular complexity index is 423. The van der Waals surface area contributed by atoms with Crippen LogP contribution in [-0.4, -0.2) is 32.3 Å². The summed E-state index contributed by atoms with van der Waals surface area (Å²) in [7, 11) is 0. The molecule has 20 heavy (non-hydrogen) atoms. The molecule has 1 saturated heterocycles. The second-order valence-electron chi connectivity index (χ2n) is 5.22. The second kappa shape index (κ2) is 7.87. The van der Waals surface area contributed by atoms with Crippen molar-refractivity contribution in [2.45, 2.75) is 39.3 Å². The molecule has 1 atom stereocenters. The Morgan fingerprint density at radius 3 is 3.00 bits per heavy atom. The molecule has 1 fully saturated rings. The fourth-order valence-electron chi connectivity index (χ4n) is 2.79. The average molecular weight is 297 g/mol. The van der Waals surface area contributed by atoms with Crippen LogP contribution < -0.4 is 10.2 Å². The van der Waals surface area contributed by atoms with Gasteiger partial charge in [-0.3, -0.25) is 0 Å². The standard InChI is InChI=1S/C16H25ClN2O/c1-3-18-11-13-10-14(17)7-8-16(13)19-9-5-6-15(12-19)20-4-2/h7-8,10,15,18H,3-6,9,11-12H2,1-2H3. The monoisotopic (exact) mass is 296 g/mol. The van der Waals surface area contributed by atoms with Gasteiger partial charge in [0.25, 0.3) is 0 Å². The maximum atomic E-state index is 6.14. The molecular formula is C16H25ClN2O. The van der Waals surface area contributed by atoms with Crippen molar-refractivity contribution >= 4 is 17.3 Å². The molecule has 1 N–H and O–H groups in total. The van der Waals surface area contributed by atoms with Gasteiger partial charge in [-0.25, -0.2) is 0 Å². The van der Waals surface area contributed by atoms with Crippen molar-refractivity contribution in [1.29, 1.82) is 0 Å². The Kier molecular flexibility index (Phi) is 6.14. The average Bonchev–Trinajstić information content (AvgIpc) is 2.46.